The number of benzene rings is 2. The van der Waals surface area contributed by atoms with Gasteiger partial charge in [-0.25, -0.2) is 21.6 Å². The molecule has 1 heterocycles. The zero-order valence-corrected chi connectivity index (χ0v) is 15.1. The van der Waals surface area contributed by atoms with Gasteiger partial charge in [-0.2, -0.15) is 0 Å². The van der Waals surface area contributed by atoms with Crippen molar-refractivity contribution in [2.45, 2.75) is 23.8 Å². The third kappa shape index (κ3) is 4.49. The van der Waals surface area contributed by atoms with Gasteiger partial charge in [0.2, 0.25) is 0 Å². The number of anilines is 1. The Bertz CT molecular complexity index is 905. The highest BCUT2D eigenvalue weighted by atomic mass is 35.5. The number of sulfonamides is 1. The monoisotopic (exact) mass is 404 g/mol. The van der Waals surface area contributed by atoms with Crippen molar-refractivity contribution in [2.75, 3.05) is 17.8 Å². The topological polar surface area (TPSA) is 49.4 Å². The average Bonchev–Trinajstić information content (AvgIpc) is 2.89. The standard InChI is InChI=1S/C17H16ClF3N2O2S/c18-13-2-5-15(6-3-13)26(24,25)22-16-9-14(19)4-1-12(16)10-23-8-7-17(20,21)11-23/h1-6,9,22H,7-8,10-11H2. The van der Waals surface area contributed by atoms with E-state index in [4.69, 9.17) is 11.6 Å². The molecule has 4 nitrogen and oxygen atoms in total. The Kier molecular flexibility index (Phi) is 5.18. The number of halogens is 4. The van der Waals surface area contributed by atoms with Crippen LogP contribution >= 0.6 is 11.6 Å². The van der Waals surface area contributed by atoms with Gasteiger partial charge in [0.1, 0.15) is 5.82 Å². The van der Waals surface area contributed by atoms with Crippen molar-refractivity contribution < 1.29 is 21.6 Å². The summed E-state index contributed by atoms with van der Waals surface area (Å²) in [5.41, 5.74) is 0.441. The van der Waals surface area contributed by atoms with E-state index in [1.807, 2.05) is 0 Å². The molecular formula is C17H16ClF3N2O2S. The Hall–Kier alpha value is -1.77. The molecule has 0 atom stereocenters. The van der Waals surface area contributed by atoms with E-state index in [1.165, 1.54) is 41.3 Å². The largest absolute Gasteiger partial charge is 0.293 e. The number of nitrogens with one attached hydrogen (secondary N) is 1. The van der Waals surface area contributed by atoms with Crippen LogP contribution in [0.2, 0.25) is 5.02 Å². The molecule has 3 rings (SSSR count). The zero-order chi connectivity index (χ0) is 18.9. The number of hydrogen-bond donors (Lipinski definition) is 1. The predicted molar refractivity (Wildman–Crippen MR) is 93.5 cm³/mol. The third-order valence-corrected chi connectivity index (χ3v) is 5.72. The van der Waals surface area contributed by atoms with Gasteiger partial charge in [0.05, 0.1) is 17.1 Å². The Morgan fingerprint density at radius 3 is 2.46 bits per heavy atom. The second kappa shape index (κ2) is 7.09. The van der Waals surface area contributed by atoms with Crippen LogP contribution < -0.4 is 4.72 Å². The summed E-state index contributed by atoms with van der Waals surface area (Å²) in [4.78, 5) is 1.47. The Labute approximate surface area is 154 Å². The third-order valence-electron chi connectivity index (χ3n) is 4.08. The van der Waals surface area contributed by atoms with E-state index < -0.39 is 28.3 Å². The molecule has 9 heteroatoms. The van der Waals surface area contributed by atoms with Crippen LogP contribution in [0.3, 0.4) is 0 Å². The molecule has 0 radical (unpaired) electrons. The van der Waals surface area contributed by atoms with Crippen molar-refractivity contribution in [3.8, 4) is 0 Å². The number of nitrogens with zero attached hydrogens (tertiary/aromatic N) is 1. The molecular weight excluding hydrogens is 389 g/mol. The molecule has 1 fully saturated rings. The van der Waals surface area contributed by atoms with Gasteiger partial charge < -0.3 is 0 Å². The first-order chi connectivity index (χ1) is 12.1. The molecule has 26 heavy (non-hydrogen) atoms. The maximum atomic E-state index is 13.6. The zero-order valence-electron chi connectivity index (χ0n) is 13.6. The van der Waals surface area contributed by atoms with Gasteiger partial charge >= 0.3 is 0 Å². The van der Waals surface area contributed by atoms with Crippen molar-refractivity contribution in [1.82, 2.24) is 4.90 Å². The van der Waals surface area contributed by atoms with Gasteiger partial charge in [0.15, 0.2) is 0 Å². The first-order valence-corrected chi connectivity index (χ1v) is 9.68. The molecule has 2 aromatic carbocycles. The van der Waals surface area contributed by atoms with Crippen LogP contribution in [0.4, 0.5) is 18.9 Å². The quantitative estimate of drug-likeness (QED) is 0.815. The second-order valence-electron chi connectivity index (χ2n) is 6.18. The summed E-state index contributed by atoms with van der Waals surface area (Å²) in [6.45, 7) is -0.129. The lowest BCUT2D eigenvalue weighted by molar-refractivity contribution is 0.0115. The average molecular weight is 405 g/mol. The second-order valence-corrected chi connectivity index (χ2v) is 8.30. The minimum absolute atomic E-state index is 0.0233. The summed E-state index contributed by atoms with van der Waals surface area (Å²) < 4.78 is 67.7. The fourth-order valence-electron chi connectivity index (χ4n) is 2.78. The molecule has 2 aromatic rings. The molecule has 0 amide bonds. The fourth-order valence-corrected chi connectivity index (χ4v) is 4.00. The van der Waals surface area contributed by atoms with Gasteiger partial charge in [-0.3, -0.25) is 9.62 Å². The van der Waals surface area contributed by atoms with E-state index >= 15 is 0 Å². The SMILES string of the molecule is O=S(=O)(Nc1cc(F)ccc1CN1CCC(F)(F)C1)c1ccc(Cl)cc1. The summed E-state index contributed by atoms with van der Waals surface area (Å²) in [6.07, 6.45) is -0.250. The van der Waals surface area contributed by atoms with E-state index in [1.54, 1.807) is 0 Å². The van der Waals surface area contributed by atoms with Crippen molar-refractivity contribution in [3.63, 3.8) is 0 Å². The van der Waals surface area contributed by atoms with Gasteiger partial charge in [-0.1, -0.05) is 17.7 Å². The van der Waals surface area contributed by atoms with Gasteiger partial charge in [0, 0.05) is 24.5 Å². The van der Waals surface area contributed by atoms with Crippen LogP contribution in [-0.4, -0.2) is 32.3 Å². The van der Waals surface area contributed by atoms with E-state index in [0.717, 1.165) is 6.07 Å². The first-order valence-electron chi connectivity index (χ1n) is 7.82. The van der Waals surface area contributed by atoms with Gasteiger partial charge in [0.25, 0.3) is 15.9 Å². The molecule has 1 aliphatic heterocycles. The summed E-state index contributed by atoms with van der Waals surface area (Å²) in [5, 5.41) is 0.380. The van der Waals surface area contributed by atoms with Crippen molar-refractivity contribution >= 4 is 27.3 Å². The van der Waals surface area contributed by atoms with Crippen LogP contribution in [0.25, 0.3) is 0 Å². The Balaban J connectivity index is 1.85. The van der Waals surface area contributed by atoms with Crippen molar-refractivity contribution in [1.29, 1.82) is 0 Å². The molecule has 1 N–H and O–H groups in total. The molecule has 0 aliphatic carbocycles. The van der Waals surface area contributed by atoms with Gasteiger partial charge in [-0.15, -0.1) is 0 Å². The molecule has 0 bridgehead atoms. The number of alkyl halides is 2. The van der Waals surface area contributed by atoms with Crippen LogP contribution in [0, 0.1) is 5.82 Å². The molecule has 0 spiro atoms. The van der Waals surface area contributed by atoms with Crippen molar-refractivity contribution in [2.24, 2.45) is 0 Å². The lowest BCUT2D eigenvalue weighted by Gasteiger charge is -2.19. The Morgan fingerprint density at radius 2 is 1.85 bits per heavy atom. The molecule has 140 valence electrons. The van der Waals surface area contributed by atoms with Crippen LogP contribution in [0.15, 0.2) is 47.4 Å². The first kappa shape index (κ1) is 19.0. The normalized spacial score (nSPS) is 17.4. The highest BCUT2D eigenvalue weighted by molar-refractivity contribution is 7.92. The van der Waals surface area contributed by atoms with E-state index in [2.05, 4.69) is 4.72 Å². The molecule has 0 unspecified atom stereocenters. The van der Waals surface area contributed by atoms with Gasteiger partial charge in [-0.05, 0) is 42.0 Å². The summed E-state index contributed by atoms with van der Waals surface area (Å²) in [7, 11) is -3.97. The fraction of sp³-hybridized carbons (Fsp3) is 0.294. The maximum Gasteiger partial charge on any atom is 0.261 e. The summed E-state index contributed by atoms with van der Waals surface area (Å²) in [6, 6.07) is 9.10. The summed E-state index contributed by atoms with van der Waals surface area (Å²) in [5.74, 6) is -3.39. The minimum atomic E-state index is -3.97. The number of rotatable bonds is 5. The molecule has 0 saturated carbocycles. The highest BCUT2D eigenvalue weighted by Crippen LogP contribution is 2.30. The van der Waals surface area contributed by atoms with Crippen LogP contribution in [0.1, 0.15) is 12.0 Å². The minimum Gasteiger partial charge on any atom is -0.293 e. The number of likely N-dealkylation sites (tertiary alicyclic amines) is 1. The lowest BCUT2D eigenvalue weighted by atomic mass is 10.1. The number of hydrogen-bond acceptors (Lipinski definition) is 3. The van der Waals surface area contributed by atoms with E-state index in [-0.39, 0.29) is 30.1 Å². The van der Waals surface area contributed by atoms with Crippen LogP contribution in [-0.2, 0) is 16.6 Å². The molecule has 1 aliphatic rings. The highest BCUT2D eigenvalue weighted by Gasteiger charge is 2.38. The molecule has 1 saturated heterocycles. The lowest BCUT2D eigenvalue weighted by Crippen LogP contribution is -2.25. The maximum absolute atomic E-state index is 13.6. The van der Waals surface area contributed by atoms with E-state index in [9.17, 15) is 21.6 Å². The van der Waals surface area contributed by atoms with Crippen molar-refractivity contribution in [3.05, 3.63) is 58.9 Å². The Morgan fingerprint density at radius 1 is 1.15 bits per heavy atom. The van der Waals surface area contributed by atoms with E-state index in [0.29, 0.717) is 10.6 Å². The smallest absolute Gasteiger partial charge is 0.261 e. The molecule has 0 aromatic heterocycles. The predicted octanol–water partition coefficient (Wildman–Crippen LogP) is 4.12. The van der Waals surface area contributed by atoms with Crippen LogP contribution in [0.5, 0.6) is 0 Å². The summed E-state index contributed by atoms with van der Waals surface area (Å²) >= 11 is 5.75.